The summed E-state index contributed by atoms with van der Waals surface area (Å²) in [4.78, 5) is 0. The number of rotatable bonds is 0. The molecule has 0 amide bonds. The Kier molecular flexibility index (Phi) is 1.49. The van der Waals surface area contributed by atoms with Crippen molar-refractivity contribution in [3.05, 3.63) is 34.9 Å². The molecular formula is C11H13NO. The third-order valence-corrected chi connectivity index (χ3v) is 3.01. The first kappa shape index (κ1) is 7.54. The monoisotopic (exact) mass is 175 g/mol. The first-order valence-corrected chi connectivity index (χ1v) is 4.82. The maximum absolute atomic E-state index is 5.89. The fourth-order valence-electron chi connectivity index (χ4n) is 2.42. The second kappa shape index (κ2) is 2.56. The molecule has 1 saturated heterocycles. The van der Waals surface area contributed by atoms with Gasteiger partial charge in [-0.3, -0.25) is 0 Å². The molecule has 1 aromatic carbocycles. The van der Waals surface area contributed by atoms with Crippen molar-refractivity contribution in [3.63, 3.8) is 0 Å². The van der Waals surface area contributed by atoms with E-state index in [1.165, 1.54) is 16.7 Å². The maximum atomic E-state index is 5.89. The Morgan fingerprint density at radius 2 is 2.15 bits per heavy atom. The Labute approximate surface area is 77.9 Å². The zero-order valence-corrected chi connectivity index (χ0v) is 7.71. The summed E-state index contributed by atoms with van der Waals surface area (Å²) in [6.45, 7) is 4.10. The zero-order chi connectivity index (χ0) is 8.84. The third kappa shape index (κ3) is 0.960. The van der Waals surface area contributed by atoms with Crippen LogP contribution in [0.3, 0.4) is 0 Å². The third-order valence-electron chi connectivity index (χ3n) is 3.01. The van der Waals surface area contributed by atoms with Crippen LogP contribution in [0.4, 0.5) is 0 Å². The first-order chi connectivity index (χ1) is 6.36. The SMILES string of the molecule is Cc1cccc2c1C1CNCC2O1. The molecule has 2 unspecified atom stereocenters. The number of hydrogen-bond donors (Lipinski definition) is 1. The number of fused-ring (bicyclic) bond motifs is 5. The van der Waals surface area contributed by atoms with Crippen molar-refractivity contribution < 1.29 is 4.74 Å². The summed E-state index contributed by atoms with van der Waals surface area (Å²) in [7, 11) is 0. The van der Waals surface area contributed by atoms with E-state index < -0.39 is 0 Å². The molecule has 68 valence electrons. The molecule has 2 aliphatic rings. The van der Waals surface area contributed by atoms with Gasteiger partial charge in [0.25, 0.3) is 0 Å². The summed E-state index contributed by atoms with van der Waals surface area (Å²) in [6.07, 6.45) is 0.601. The lowest BCUT2D eigenvalue weighted by molar-refractivity contribution is -0.0151. The van der Waals surface area contributed by atoms with Crippen LogP contribution in [0.25, 0.3) is 0 Å². The molecular weight excluding hydrogens is 162 g/mol. The van der Waals surface area contributed by atoms with Gasteiger partial charge < -0.3 is 10.1 Å². The first-order valence-electron chi connectivity index (χ1n) is 4.82. The molecule has 2 nitrogen and oxygen atoms in total. The van der Waals surface area contributed by atoms with Gasteiger partial charge in [0.15, 0.2) is 0 Å². The Hall–Kier alpha value is -0.860. The number of nitrogens with one attached hydrogen (secondary N) is 1. The molecule has 2 bridgehead atoms. The highest BCUT2D eigenvalue weighted by Crippen LogP contribution is 2.42. The summed E-state index contributed by atoms with van der Waals surface area (Å²) >= 11 is 0. The van der Waals surface area contributed by atoms with Crippen LogP contribution in [0.1, 0.15) is 28.9 Å². The largest absolute Gasteiger partial charge is 0.363 e. The van der Waals surface area contributed by atoms with Gasteiger partial charge in [-0.25, -0.2) is 0 Å². The molecule has 0 aliphatic carbocycles. The minimum absolute atomic E-state index is 0.300. The summed E-state index contributed by atoms with van der Waals surface area (Å²) in [5.41, 5.74) is 4.20. The molecule has 2 heterocycles. The number of ether oxygens (including phenoxy) is 1. The predicted molar refractivity (Wildman–Crippen MR) is 50.6 cm³/mol. The smallest absolute Gasteiger partial charge is 0.0964 e. The average Bonchev–Trinajstić information content (AvgIpc) is 2.41. The van der Waals surface area contributed by atoms with E-state index in [9.17, 15) is 0 Å². The van der Waals surface area contributed by atoms with E-state index in [0.717, 1.165) is 13.1 Å². The molecule has 1 aromatic rings. The molecule has 0 saturated carbocycles. The van der Waals surface area contributed by atoms with Gasteiger partial charge in [0.1, 0.15) is 0 Å². The fourth-order valence-corrected chi connectivity index (χ4v) is 2.42. The minimum atomic E-state index is 0.300. The summed E-state index contributed by atoms with van der Waals surface area (Å²) < 4.78 is 5.89. The highest BCUT2D eigenvalue weighted by molar-refractivity contribution is 5.41. The normalized spacial score (nSPS) is 30.2. The highest BCUT2D eigenvalue weighted by atomic mass is 16.5. The maximum Gasteiger partial charge on any atom is 0.0964 e. The average molecular weight is 175 g/mol. The van der Waals surface area contributed by atoms with Crippen LogP contribution in [-0.4, -0.2) is 13.1 Å². The van der Waals surface area contributed by atoms with Crippen molar-refractivity contribution in [2.75, 3.05) is 13.1 Å². The van der Waals surface area contributed by atoms with Crippen molar-refractivity contribution in [2.24, 2.45) is 0 Å². The lowest BCUT2D eigenvalue weighted by atomic mass is 9.98. The van der Waals surface area contributed by atoms with Crippen LogP contribution < -0.4 is 5.32 Å². The molecule has 2 atom stereocenters. The molecule has 2 aliphatic heterocycles. The summed E-state index contributed by atoms with van der Waals surface area (Å²) in [5, 5.41) is 3.40. The van der Waals surface area contributed by atoms with Gasteiger partial charge in [-0.15, -0.1) is 0 Å². The van der Waals surface area contributed by atoms with E-state index in [0.29, 0.717) is 12.2 Å². The van der Waals surface area contributed by atoms with E-state index in [1.807, 2.05) is 0 Å². The van der Waals surface area contributed by atoms with Crippen LogP contribution in [0.2, 0.25) is 0 Å². The van der Waals surface area contributed by atoms with Crippen LogP contribution in [0.15, 0.2) is 18.2 Å². The molecule has 0 radical (unpaired) electrons. The van der Waals surface area contributed by atoms with Crippen LogP contribution in [0, 0.1) is 6.92 Å². The van der Waals surface area contributed by atoms with Gasteiger partial charge in [0.2, 0.25) is 0 Å². The molecule has 1 N–H and O–H groups in total. The van der Waals surface area contributed by atoms with E-state index in [2.05, 4.69) is 30.4 Å². The van der Waals surface area contributed by atoms with Crippen LogP contribution in [-0.2, 0) is 4.74 Å². The van der Waals surface area contributed by atoms with E-state index in [1.54, 1.807) is 0 Å². The zero-order valence-electron chi connectivity index (χ0n) is 7.71. The molecule has 1 fully saturated rings. The predicted octanol–water partition coefficient (Wildman–Crippen LogP) is 1.71. The lowest BCUT2D eigenvalue weighted by Gasteiger charge is -2.21. The lowest BCUT2D eigenvalue weighted by Crippen LogP contribution is -2.30. The minimum Gasteiger partial charge on any atom is -0.363 e. The summed E-state index contributed by atoms with van der Waals surface area (Å²) in [5.74, 6) is 0. The van der Waals surface area contributed by atoms with Crippen molar-refractivity contribution in [1.29, 1.82) is 0 Å². The summed E-state index contributed by atoms with van der Waals surface area (Å²) in [6, 6.07) is 6.49. The number of hydrogen-bond acceptors (Lipinski definition) is 2. The molecule has 3 rings (SSSR count). The fraction of sp³-hybridized carbons (Fsp3) is 0.455. The number of morpholine rings is 1. The van der Waals surface area contributed by atoms with Crippen LogP contribution >= 0.6 is 0 Å². The highest BCUT2D eigenvalue weighted by Gasteiger charge is 2.35. The number of aryl methyl sites for hydroxylation is 1. The van der Waals surface area contributed by atoms with Crippen molar-refractivity contribution in [2.45, 2.75) is 19.1 Å². The standard InChI is InChI=1S/C11H13NO/c1-7-3-2-4-8-9-5-12-6-10(13-9)11(7)8/h2-4,9-10,12H,5-6H2,1H3. The van der Waals surface area contributed by atoms with Gasteiger partial charge in [0.05, 0.1) is 12.2 Å². The van der Waals surface area contributed by atoms with Crippen LogP contribution in [0.5, 0.6) is 0 Å². The van der Waals surface area contributed by atoms with Gasteiger partial charge in [0, 0.05) is 13.1 Å². The molecule has 13 heavy (non-hydrogen) atoms. The van der Waals surface area contributed by atoms with Crippen molar-refractivity contribution >= 4 is 0 Å². The van der Waals surface area contributed by atoms with Crippen molar-refractivity contribution in [3.8, 4) is 0 Å². The molecule has 0 aromatic heterocycles. The van der Waals surface area contributed by atoms with Gasteiger partial charge in [-0.1, -0.05) is 18.2 Å². The van der Waals surface area contributed by atoms with Gasteiger partial charge in [-0.05, 0) is 23.6 Å². The Balaban J connectivity index is 2.20. The quantitative estimate of drug-likeness (QED) is 0.648. The Morgan fingerprint density at radius 3 is 3.08 bits per heavy atom. The topological polar surface area (TPSA) is 21.3 Å². The Bertz CT molecular complexity index is 348. The number of benzene rings is 1. The van der Waals surface area contributed by atoms with Gasteiger partial charge in [-0.2, -0.15) is 0 Å². The van der Waals surface area contributed by atoms with E-state index >= 15 is 0 Å². The second-order valence-corrected chi connectivity index (χ2v) is 3.85. The Morgan fingerprint density at radius 1 is 1.31 bits per heavy atom. The van der Waals surface area contributed by atoms with Gasteiger partial charge >= 0.3 is 0 Å². The van der Waals surface area contributed by atoms with Crippen molar-refractivity contribution in [1.82, 2.24) is 5.32 Å². The molecule has 0 spiro atoms. The van der Waals surface area contributed by atoms with E-state index in [-0.39, 0.29) is 0 Å². The van der Waals surface area contributed by atoms with E-state index in [4.69, 9.17) is 4.74 Å². The molecule has 2 heteroatoms. The second-order valence-electron chi connectivity index (χ2n) is 3.85.